The molecule has 0 aliphatic carbocycles. The van der Waals surface area contributed by atoms with Gasteiger partial charge in [0.25, 0.3) is 12.9 Å². The predicted octanol–water partition coefficient (Wildman–Crippen LogP) is 14.6. The number of alkyl halides is 3. The molecule has 0 saturated heterocycles. The second kappa shape index (κ2) is 32.2. The van der Waals surface area contributed by atoms with Crippen molar-refractivity contribution in [1.82, 2.24) is 30.1 Å². The van der Waals surface area contributed by atoms with Gasteiger partial charge in [-0.15, -0.1) is 22.7 Å². The number of thiophene rings is 2. The Morgan fingerprint density at radius 2 is 1.27 bits per heavy atom. The van der Waals surface area contributed by atoms with Gasteiger partial charge in [-0.3, -0.25) is 24.5 Å². The standard InChI is InChI=1S/C29H25N3O4S.C25H31F3N3S.CNS.Ru/c1-2-3-4-5-6-22-11-14-37-29(22)8-7-21-9-12-30-25(15-21)27-17-24(36-20-34)18-28(32-27)26-16-23(35-19-33)10-13-31-26;1-3-5-7-9-11-19-16-20(23(32-19)12-10-8-6-4-2)18-13-14-29-21(15-18)22-17-24(31-30-22)25(26,27)28;2-1-3;/h9-20H,2-6H2,1H3;13-17H,3-12H2,1-2H3;;/q;2*-1;+2. The first kappa shape index (κ1) is 59.5. The van der Waals surface area contributed by atoms with Crippen molar-refractivity contribution >= 4 is 53.0 Å². The second-order valence-corrected chi connectivity index (χ2v) is 18.8. The molecule has 11 nitrogen and oxygen atoms in total. The van der Waals surface area contributed by atoms with Gasteiger partial charge in [0.15, 0.2) is 0 Å². The SMILES string of the molecule is CCCCCCc1cc(-c2ccnc(-c3cc(C(F)(F)F)n[n-]3)c2)c(CCCCCC)s1.CCCCCCc1ccsc1C#Cc1ccnc(-c2cc(OC=O)cc(-c3cc(OC=O)ccn3)n2)c1.[N-]=C=S.[Ru+2]. The number of unbranched alkanes of at least 4 members (excludes halogenated alkanes) is 9. The number of pyridine rings is 4. The molecule has 7 rings (SSSR count). The van der Waals surface area contributed by atoms with Crippen LogP contribution in [0.2, 0.25) is 0 Å². The Morgan fingerprint density at radius 1 is 0.685 bits per heavy atom. The molecule has 0 spiro atoms. The van der Waals surface area contributed by atoms with E-state index in [-0.39, 0.29) is 30.9 Å². The Kier molecular flexibility index (Phi) is 26.2. The molecule has 382 valence electrons. The van der Waals surface area contributed by atoms with Crippen molar-refractivity contribution in [3.05, 3.63) is 128 Å². The van der Waals surface area contributed by atoms with E-state index in [1.165, 1.54) is 103 Å². The van der Waals surface area contributed by atoms with Gasteiger partial charge in [0, 0.05) is 57.8 Å². The number of hydrogen-bond acceptors (Lipinski definition) is 12. The molecule has 0 saturated carbocycles. The summed E-state index contributed by atoms with van der Waals surface area (Å²) in [5, 5.41) is 17.6. The van der Waals surface area contributed by atoms with Crippen LogP contribution in [-0.4, -0.2) is 43.1 Å². The number of halogens is 3. The Bertz CT molecular complexity index is 2900. The summed E-state index contributed by atoms with van der Waals surface area (Å²) in [5.74, 6) is 7.16. The Morgan fingerprint density at radius 3 is 1.92 bits per heavy atom. The average molecular weight is 1130 g/mol. The molecule has 7 aromatic heterocycles. The first-order chi connectivity index (χ1) is 35.0. The van der Waals surface area contributed by atoms with E-state index in [2.05, 4.69) is 92.5 Å². The molecule has 0 unspecified atom stereocenters. The maximum absolute atomic E-state index is 12.9. The molecule has 7 heterocycles. The third kappa shape index (κ3) is 19.4. The predicted molar refractivity (Wildman–Crippen MR) is 283 cm³/mol. The molecule has 0 bridgehead atoms. The third-order valence-electron chi connectivity index (χ3n) is 11.1. The van der Waals surface area contributed by atoms with Crippen LogP contribution in [0.3, 0.4) is 0 Å². The fraction of sp³-hybridized carbons (Fsp3) is 0.345. The van der Waals surface area contributed by atoms with E-state index in [9.17, 15) is 22.8 Å². The fourth-order valence-corrected chi connectivity index (χ4v) is 9.58. The van der Waals surface area contributed by atoms with Crippen LogP contribution >= 0.6 is 34.9 Å². The maximum Gasteiger partial charge on any atom is 2.00 e. The van der Waals surface area contributed by atoms with Crippen molar-refractivity contribution in [1.29, 1.82) is 0 Å². The zero-order valence-corrected chi connectivity index (χ0v) is 45.1. The van der Waals surface area contributed by atoms with Crippen molar-refractivity contribution < 1.29 is 51.7 Å². The van der Waals surface area contributed by atoms with Crippen molar-refractivity contribution in [3.8, 4) is 68.6 Å². The van der Waals surface area contributed by atoms with Gasteiger partial charge in [-0.1, -0.05) is 108 Å². The molecule has 0 atom stereocenters. The minimum Gasteiger partial charge on any atom is -0.753 e. The fourth-order valence-electron chi connectivity index (χ4n) is 7.51. The number of nitrogens with zero attached hydrogens (tertiary/aromatic N) is 7. The first-order valence-electron chi connectivity index (χ1n) is 23.9. The zero-order chi connectivity index (χ0) is 51.6. The summed E-state index contributed by atoms with van der Waals surface area (Å²) < 4.78 is 48.8. The van der Waals surface area contributed by atoms with E-state index >= 15 is 0 Å². The molecule has 7 aromatic rings. The number of carbonyl (C=O) groups is 2. The number of carbonyl (C=O) groups excluding carboxylic acids is 2. The van der Waals surface area contributed by atoms with E-state index in [0.29, 0.717) is 47.2 Å². The second-order valence-electron chi connectivity index (χ2n) is 16.4. The Labute approximate surface area is 451 Å². The summed E-state index contributed by atoms with van der Waals surface area (Å²) in [6, 6.07) is 19.2. The molecule has 0 aliphatic heterocycles. The molecule has 73 heavy (non-hydrogen) atoms. The van der Waals surface area contributed by atoms with Crippen molar-refractivity contribution in [2.45, 2.75) is 123 Å². The Hall–Kier alpha value is -6.08. The van der Waals surface area contributed by atoms with Crippen LogP contribution < -0.4 is 14.6 Å². The maximum atomic E-state index is 12.9. The van der Waals surface area contributed by atoms with Crippen LogP contribution in [0.4, 0.5) is 13.2 Å². The summed E-state index contributed by atoms with van der Waals surface area (Å²) in [4.78, 5) is 43.2. The quantitative estimate of drug-likeness (QED) is 0.0150. The molecule has 0 N–H and O–H groups in total. The molecule has 18 heteroatoms. The number of ether oxygens (including phenoxy) is 2. The number of thiocarbonyl (C=S) groups is 1. The monoisotopic (exact) mass is 1130 g/mol. The van der Waals surface area contributed by atoms with Crippen LogP contribution in [0.5, 0.6) is 11.5 Å². The van der Waals surface area contributed by atoms with Gasteiger partial charge < -0.3 is 25.1 Å². The topological polar surface area (TPSA) is 153 Å². The summed E-state index contributed by atoms with van der Waals surface area (Å²) in [5.41, 5.74) is 5.74. The van der Waals surface area contributed by atoms with Crippen LogP contribution in [0.25, 0.3) is 50.7 Å². The Balaban J connectivity index is 0.000000299. The molecule has 0 radical (unpaired) electrons. The van der Waals surface area contributed by atoms with E-state index in [1.807, 2.05) is 35.6 Å². The van der Waals surface area contributed by atoms with Crippen LogP contribution in [0, 0.1) is 11.8 Å². The minimum absolute atomic E-state index is 0. The molecule has 0 fully saturated rings. The van der Waals surface area contributed by atoms with Crippen LogP contribution in [0.1, 0.15) is 129 Å². The van der Waals surface area contributed by atoms with Gasteiger partial charge in [0.05, 0.1) is 27.7 Å². The van der Waals surface area contributed by atoms with Gasteiger partial charge in [-0.2, -0.15) is 18.3 Å². The summed E-state index contributed by atoms with van der Waals surface area (Å²) in [6.07, 6.45) is 18.1. The van der Waals surface area contributed by atoms with Gasteiger partial charge in [0.2, 0.25) is 0 Å². The van der Waals surface area contributed by atoms with Crippen LogP contribution in [-0.2, 0) is 54.5 Å². The third-order valence-corrected chi connectivity index (χ3v) is 13.2. The molecule has 0 amide bonds. The normalized spacial score (nSPS) is 10.5. The summed E-state index contributed by atoms with van der Waals surface area (Å²) >= 11 is 7.24. The van der Waals surface area contributed by atoms with Gasteiger partial charge in [-0.05, 0) is 109 Å². The van der Waals surface area contributed by atoms with Crippen LogP contribution in [0.15, 0.2) is 90.7 Å². The molecule has 0 aromatic carbocycles. The van der Waals surface area contributed by atoms with Crippen molar-refractivity contribution in [2.24, 2.45) is 0 Å². The van der Waals surface area contributed by atoms with Gasteiger partial charge in [0.1, 0.15) is 17.2 Å². The number of hydrogen-bond donors (Lipinski definition) is 0. The largest absolute Gasteiger partial charge is 2.00 e. The first-order valence-corrected chi connectivity index (χ1v) is 26.0. The number of rotatable bonds is 23. The van der Waals surface area contributed by atoms with Gasteiger partial charge in [-0.25, -0.2) is 4.98 Å². The number of aryl methyl sites for hydroxylation is 3. The number of isothiocyanates is 1. The summed E-state index contributed by atoms with van der Waals surface area (Å²) in [7, 11) is 0. The van der Waals surface area contributed by atoms with Gasteiger partial charge >= 0.3 is 25.7 Å². The van der Waals surface area contributed by atoms with E-state index in [4.69, 9.17) is 14.9 Å². The summed E-state index contributed by atoms with van der Waals surface area (Å²) in [6.45, 7) is 7.32. The van der Waals surface area contributed by atoms with Crippen molar-refractivity contribution in [3.63, 3.8) is 0 Å². The molecular formula is C55H56F3N7O4RuS3. The smallest absolute Gasteiger partial charge is 0.753 e. The van der Waals surface area contributed by atoms with E-state index in [1.54, 1.807) is 48.0 Å². The van der Waals surface area contributed by atoms with E-state index in [0.717, 1.165) is 47.8 Å². The number of aromatic nitrogens is 6. The molecular weight excluding hydrogens is 1080 g/mol. The minimum atomic E-state index is -4.51. The van der Waals surface area contributed by atoms with E-state index < -0.39 is 11.9 Å². The zero-order valence-electron chi connectivity index (χ0n) is 40.9. The average Bonchev–Trinajstić information content (AvgIpc) is 4.17. The van der Waals surface area contributed by atoms with Crippen molar-refractivity contribution in [2.75, 3.05) is 0 Å². The molecule has 0 aliphatic rings.